The number of allylic oxidation sites excluding steroid dienone is 2. The van der Waals surface area contributed by atoms with Crippen LogP contribution in [-0.2, 0) is 28.6 Å². The summed E-state index contributed by atoms with van der Waals surface area (Å²) in [6.07, 6.45) is -12.2. The third-order valence-corrected chi connectivity index (χ3v) is 6.92. The van der Waals surface area contributed by atoms with Crippen molar-refractivity contribution in [2.75, 3.05) is 13.2 Å². The zero-order chi connectivity index (χ0) is 29.2. The smallest absolute Gasteiger partial charge is 0.265 e. The van der Waals surface area contributed by atoms with E-state index in [4.69, 9.17) is 14.2 Å². The molecule has 0 aliphatic carbocycles. The molecule has 2 fully saturated rings. The van der Waals surface area contributed by atoms with E-state index in [1.165, 1.54) is 39.8 Å². The summed E-state index contributed by atoms with van der Waals surface area (Å²) >= 11 is 0. The maximum absolute atomic E-state index is 13.8. The van der Waals surface area contributed by atoms with Crippen molar-refractivity contribution in [2.45, 2.75) is 95.0 Å². The molecule has 0 radical (unpaired) electrons. The van der Waals surface area contributed by atoms with Gasteiger partial charge in [0.2, 0.25) is 11.7 Å². The second kappa shape index (κ2) is 12.4. The lowest BCUT2D eigenvalue weighted by Crippen LogP contribution is -2.84. The highest BCUT2D eigenvalue weighted by Gasteiger charge is 2.72. The normalized spacial score (nSPS) is 40.5. The molecule has 2 aliphatic rings. The molecule has 1 amide bonds. The lowest BCUT2D eigenvalue weighted by molar-refractivity contribution is -0.366. The first kappa shape index (κ1) is 32.1. The van der Waals surface area contributed by atoms with Gasteiger partial charge in [0.15, 0.2) is 17.6 Å². The molecule has 8 N–H and O–H groups in total. The summed E-state index contributed by atoms with van der Waals surface area (Å²) in [6, 6.07) is 0. The van der Waals surface area contributed by atoms with Crippen molar-refractivity contribution in [1.29, 1.82) is 0 Å². The number of carbonyl (C=O) groups is 3. The minimum atomic E-state index is -3.25. The Balaban J connectivity index is 2.75. The van der Waals surface area contributed by atoms with Crippen molar-refractivity contribution in [3.8, 4) is 0 Å². The Bertz CT molecular complexity index is 965. The molecule has 38 heavy (non-hydrogen) atoms. The second-order valence-corrected chi connectivity index (χ2v) is 9.32. The molecular formula is C24H37NO13. The molecule has 10 atom stereocenters. The minimum absolute atomic E-state index is 0.0974. The van der Waals surface area contributed by atoms with E-state index in [0.717, 1.165) is 6.92 Å². The number of amides is 1. The van der Waals surface area contributed by atoms with Crippen LogP contribution in [-0.4, -0.2) is 127 Å². The third-order valence-electron chi connectivity index (χ3n) is 6.92. The van der Waals surface area contributed by atoms with Crippen molar-refractivity contribution < 1.29 is 64.3 Å². The molecule has 0 aromatic carbocycles. The molecule has 0 saturated carbocycles. The van der Waals surface area contributed by atoms with Gasteiger partial charge < -0.3 is 55.3 Å². The van der Waals surface area contributed by atoms with E-state index in [-0.39, 0.29) is 11.1 Å². The van der Waals surface area contributed by atoms with Gasteiger partial charge in [0, 0.05) is 6.92 Å². The highest BCUT2D eigenvalue weighted by Crippen LogP contribution is 2.43. The number of carbonyl (C=O) groups excluding carboxylic acids is 3. The number of rotatable bonds is 9. The lowest BCUT2D eigenvalue weighted by Gasteiger charge is -2.55. The molecule has 14 heteroatoms. The van der Waals surface area contributed by atoms with Crippen molar-refractivity contribution in [3.63, 3.8) is 0 Å². The highest BCUT2D eigenvalue weighted by molar-refractivity contribution is 6.13. The maximum atomic E-state index is 13.8. The van der Waals surface area contributed by atoms with Gasteiger partial charge in [-0.1, -0.05) is 12.2 Å². The third kappa shape index (κ3) is 5.34. The standard InChI is InChI=1S/C24H37NO13/c1-6-10(3)19(32)23(25-12(5)28)21(34)18(14(9-27)38-24(23,35)20(33)11(4)7-2)37-22-17(31)16(30)15(29)13(8-26)36-22/h6-7,13-18,21-22,26-27,29-31,34-35H,8-9H2,1-5H3,(H,25,28)/b10-6+,11-7+/t13-,14-,15+,16+,17-,18-,21+,22+,23-,24?/m1/s1. The molecule has 2 saturated heterocycles. The summed E-state index contributed by atoms with van der Waals surface area (Å²) in [5.74, 6) is -6.53. The number of aliphatic hydroxyl groups is 7. The van der Waals surface area contributed by atoms with Crippen molar-refractivity contribution in [3.05, 3.63) is 23.3 Å². The molecule has 2 aliphatic heterocycles. The Kier molecular flexibility index (Phi) is 10.5. The molecule has 14 nitrogen and oxygen atoms in total. The Morgan fingerprint density at radius 3 is 1.87 bits per heavy atom. The van der Waals surface area contributed by atoms with Gasteiger partial charge in [-0.05, 0) is 38.8 Å². The summed E-state index contributed by atoms with van der Waals surface area (Å²) in [6.45, 7) is 4.68. The number of ether oxygens (including phenoxy) is 3. The number of hydrogen-bond donors (Lipinski definition) is 8. The summed E-state index contributed by atoms with van der Waals surface area (Å²) in [7, 11) is 0. The van der Waals surface area contributed by atoms with Gasteiger partial charge in [0.05, 0.1) is 13.2 Å². The summed E-state index contributed by atoms with van der Waals surface area (Å²) < 4.78 is 16.5. The second-order valence-electron chi connectivity index (χ2n) is 9.32. The van der Waals surface area contributed by atoms with Gasteiger partial charge in [-0.2, -0.15) is 0 Å². The Morgan fingerprint density at radius 1 is 0.868 bits per heavy atom. The van der Waals surface area contributed by atoms with Crippen LogP contribution in [0.5, 0.6) is 0 Å². The lowest BCUT2D eigenvalue weighted by atomic mass is 9.69. The molecule has 0 aromatic heterocycles. The number of nitrogens with one attached hydrogen (secondary N) is 1. The molecule has 0 aromatic rings. The quantitative estimate of drug-likeness (QED) is 0.131. The monoisotopic (exact) mass is 547 g/mol. The number of aliphatic hydroxyl groups excluding tert-OH is 6. The first-order valence-electron chi connectivity index (χ1n) is 12.0. The zero-order valence-electron chi connectivity index (χ0n) is 21.8. The van der Waals surface area contributed by atoms with Crippen LogP contribution in [0.2, 0.25) is 0 Å². The van der Waals surface area contributed by atoms with Gasteiger partial charge >= 0.3 is 0 Å². The molecule has 2 heterocycles. The van der Waals surface area contributed by atoms with Crippen molar-refractivity contribution in [1.82, 2.24) is 5.32 Å². The van der Waals surface area contributed by atoms with Gasteiger partial charge in [-0.3, -0.25) is 14.4 Å². The van der Waals surface area contributed by atoms with Crippen molar-refractivity contribution in [2.24, 2.45) is 0 Å². The summed E-state index contributed by atoms with van der Waals surface area (Å²) in [4.78, 5) is 39.5. The predicted molar refractivity (Wildman–Crippen MR) is 127 cm³/mol. The van der Waals surface area contributed by atoms with Gasteiger partial charge in [0.25, 0.3) is 5.79 Å². The van der Waals surface area contributed by atoms with Gasteiger partial charge in [-0.15, -0.1) is 0 Å². The fourth-order valence-corrected chi connectivity index (χ4v) is 4.52. The molecule has 216 valence electrons. The van der Waals surface area contributed by atoms with E-state index in [1.807, 2.05) is 0 Å². The summed E-state index contributed by atoms with van der Waals surface area (Å²) in [5.41, 5.74) is -3.13. The average molecular weight is 548 g/mol. The van der Waals surface area contributed by atoms with E-state index in [2.05, 4.69) is 5.32 Å². The van der Waals surface area contributed by atoms with Crippen LogP contribution < -0.4 is 5.32 Å². The molecule has 2 rings (SSSR count). The number of hydrogen-bond acceptors (Lipinski definition) is 13. The zero-order valence-corrected chi connectivity index (χ0v) is 21.8. The Hall–Kier alpha value is -2.11. The summed E-state index contributed by atoms with van der Waals surface area (Å²) in [5, 5.41) is 75.6. The molecule has 0 spiro atoms. The van der Waals surface area contributed by atoms with Gasteiger partial charge in [-0.25, -0.2) is 0 Å². The SMILES string of the molecule is C/C=C(\C)C(=O)C1(O)O[C@H](CO)[C@@H](O[C@@H]2O[C@H](CO)[C@H](O)[C@H](O)[C@H]2O)[C@H](O)[C@]1(NC(C)=O)C(=O)/C(C)=C/C. The fraction of sp³-hybridized carbons (Fsp3) is 0.708. The van der Waals surface area contributed by atoms with Crippen molar-refractivity contribution >= 4 is 17.5 Å². The number of Topliss-reactive ketones (excluding diaryl/α,β-unsaturated/α-hetero) is 2. The van der Waals surface area contributed by atoms with E-state index in [9.17, 15) is 50.1 Å². The van der Waals surface area contributed by atoms with Crippen LogP contribution in [0.3, 0.4) is 0 Å². The average Bonchev–Trinajstić information content (AvgIpc) is 2.90. The van der Waals surface area contributed by atoms with Crippen LogP contribution in [0.15, 0.2) is 23.3 Å². The highest BCUT2D eigenvalue weighted by atomic mass is 16.7. The van der Waals surface area contributed by atoms with Crippen LogP contribution in [0.25, 0.3) is 0 Å². The first-order chi connectivity index (χ1) is 17.7. The van der Waals surface area contributed by atoms with Crippen LogP contribution >= 0.6 is 0 Å². The fourth-order valence-electron chi connectivity index (χ4n) is 4.52. The maximum Gasteiger partial charge on any atom is 0.265 e. The Labute approximate surface area is 219 Å². The van der Waals surface area contributed by atoms with E-state index in [0.29, 0.717) is 0 Å². The largest absolute Gasteiger partial charge is 0.394 e. The molecule has 0 bridgehead atoms. The molecule has 1 unspecified atom stereocenters. The molecular weight excluding hydrogens is 510 g/mol. The van der Waals surface area contributed by atoms with Crippen LogP contribution in [0.4, 0.5) is 0 Å². The predicted octanol–water partition coefficient (Wildman–Crippen LogP) is -3.44. The van der Waals surface area contributed by atoms with Gasteiger partial charge in [0.1, 0.15) is 42.7 Å². The van der Waals surface area contributed by atoms with Crippen LogP contribution in [0.1, 0.15) is 34.6 Å². The topological polar surface area (TPSA) is 233 Å². The Morgan fingerprint density at radius 2 is 1.39 bits per heavy atom. The van der Waals surface area contributed by atoms with E-state index >= 15 is 0 Å². The first-order valence-corrected chi connectivity index (χ1v) is 12.0. The van der Waals surface area contributed by atoms with E-state index in [1.54, 1.807) is 0 Å². The van der Waals surface area contributed by atoms with Crippen LogP contribution in [0, 0.1) is 0 Å². The number of ketones is 2. The minimum Gasteiger partial charge on any atom is -0.394 e. The van der Waals surface area contributed by atoms with E-state index < -0.39 is 91.0 Å².